The van der Waals surface area contributed by atoms with Crippen LogP contribution in [0.2, 0.25) is 0 Å². The topological polar surface area (TPSA) is 722 Å². The van der Waals surface area contributed by atoms with Crippen LogP contribution in [-0.2, 0) is 105 Å². The summed E-state index contributed by atoms with van der Waals surface area (Å²) in [6.45, 7) is -2.32. The first-order valence-corrected chi connectivity index (χ1v) is 45.9. The number of benzene rings is 2. The molecule has 0 spiro atoms. The van der Waals surface area contributed by atoms with E-state index in [4.69, 9.17) is 37.8 Å². The van der Waals surface area contributed by atoms with Gasteiger partial charge in [0.05, 0.1) is 45.7 Å². The Morgan fingerprint density at radius 1 is 0.586 bits per heavy atom. The summed E-state index contributed by atoms with van der Waals surface area (Å²) in [7, 11) is 0. The first kappa shape index (κ1) is 109. The van der Waals surface area contributed by atoms with Crippen molar-refractivity contribution >= 4 is 111 Å². The number of tetrazole rings is 1. The van der Waals surface area contributed by atoms with E-state index in [-0.39, 0.29) is 109 Å². The Hall–Kier alpha value is -12.4. The number of para-hydroxylation sites is 1. The number of hydrogen-bond donors (Lipinski definition) is 24. The van der Waals surface area contributed by atoms with Gasteiger partial charge in [-0.2, -0.15) is 0 Å². The predicted molar refractivity (Wildman–Crippen MR) is 483 cm³/mol. The third-order valence-corrected chi connectivity index (χ3v) is 22.4. The lowest BCUT2D eigenvalue weighted by atomic mass is 10.0. The molecule has 0 unspecified atom stereocenters. The Balaban J connectivity index is 1.03. The Kier molecular flexibility index (Phi) is 50.4. The fraction of sp³-hybridized carbons (Fsp3) is 0.632. The fourth-order valence-corrected chi connectivity index (χ4v) is 15.0. The van der Waals surface area contributed by atoms with Crippen LogP contribution in [-0.4, -0.2) is 298 Å². The van der Waals surface area contributed by atoms with Crippen molar-refractivity contribution < 1.29 is 102 Å². The smallest absolute Gasteiger partial charge is 0.246 e. The molecule has 736 valence electrons. The van der Waals surface area contributed by atoms with Gasteiger partial charge in [0.1, 0.15) is 78.9 Å². The Morgan fingerprint density at radius 2 is 1.18 bits per heavy atom. The maximum atomic E-state index is 15.2. The largest absolute Gasteiger partial charge is 0.394 e. The van der Waals surface area contributed by atoms with Crippen molar-refractivity contribution in [1.82, 2.24) is 105 Å². The Labute approximate surface area is 771 Å². The van der Waals surface area contributed by atoms with Crippen LogP contribution in [0.25, 0.3) is 10.9 Å². The van der Waals surface area contributed by atoms with Gasteiger partial charge in [0.2, 0.25) is 94.5 Å². The molecule has 0 bridgehead atoms. The molecule has 4 aromatic rings. The second-order valence-corrected chi connectivity index (χ2v) is 33.1. The van der Waals surface area contributed by atoms with Crippen molar-refractivity contribution in [2.45, 2.75) is 272 Å². The van der Waals surface area contributed by atoms with Gasteiger partial charge in [0.25, 0.3) is 0 Å². The number of aryl methyl sites for hydroxylation is 1. The maximum Gasteiger partial charge on any atom is 0.246 e. The molecule has 12 atom stereocenters. The van der Waals surface area contributed by atoms with Gasteiger partial charge in [-0.05, 0) is 91.8 Å². The summed E-state index contributed by atoms with van der Waals surface area (Å²) in [5, 5.41) is 89.9. The van der Waals surface area contributed by atoms with Gasteiger partial charge in [0.15, 0.2) is 5.96 Å². The van der Waals surface area contributed by atoms with Gasteiger partial charge < -0.3 is 132 Å². The highest BCUT2D eigenvalue weighted by Gasteiger charge is 2.44. The highest BCUT2D eigenvalue weighted by molar-refractivity contribution is 6.01. The fourth-order valence-electron chi connectivity index (χ4n) is 15.0. The summed E-state index contributed by atoms with van der Waals surface area (Å²) in [6.07, 6.45) is 14.4. The zero-order valence-electron chi connectivity index (χ0n) is 75.7. The third-order valence-electron chi connectivity index (χ3n) is 22.4. The minimum atomic E-state index is -1.91. The maximum absolute atomic E-state index is 15.2. The van der Waals surface area contributed by atoms with Crippen molar-refractivity contribution in [2.75, 3.05) is 78.9 Å². The van der Waals surface area contributed by atoms with Gasteiger partial charge in [-0.25, -0.2) is 5.10 Å². The molecule has 2 aromatic carbocycles. The van der Waals surface area contributed by atoms with Gasteiger partial charge in [-0.1, -0.05) is 139 Å². The lowest BCUT2D eigenvalue weighted by molar-refractivity contribution is -0.143. The van der Waals surface area contributed by atoms with E-state index in [0.717, 1.165) is 49.2 Å². The third kappa shape index (κ3) is 41.5. The number of carbonyl (C=O) groups is 16. The molecule has 2 saturated heterocycles. The standard InChI is InChI=1S/C87H137N25O21/c1-2-3-28-60(101-84(129)68(52-114)107-82(127)66(47-88)106-79(124)62(34-36-70(89)116)102-83(128)67(51-113)98-74(119)49-97-75(120)53-133-43-42-132-41-40-94-72(117)33-19-14-12-10-8-6-4-5-7-9-11-13-18-32-71-108-110-111-109-71)77(122)103-63-35-37-73(118)93-38-23-22-30-59(76(90)121)99-81(126)65(45-55-48-96-58-29-21-20-27-57(55)58)104-78(123)61(31-24-39-95-87(91)92)100-80(125)64(44-54-25-16-15-17-26-54)105-85(130)69-46-56(115)50-112(69)86(63)131/h15-17,20-21,25-27,29,48,56,59-69,96,113-115H,2-14,18-19,22-24,28,30-47,49-53,88H2,1H3,(H2,89,116)(H2,90,121)(H,93,118)(H,94,117)(H,97,120)(H,98,119)(H,99,126)(H,100,125)(H,101,129)(H,102,128)(H,103,122)(H,104,123)(H,105,130)(H,106,124)(H,107,127)(H4,91,92,95)(H,108,109,110,111)/t56-,59+,60+,61+,62+,63+,64-,65+,66+,67+,68+,69+/m1/s1. The normalized spacial score (nSPS) is 18.9. The average Bonchev–Trinajstić information content (AvgIpc) is 1.68. The SMILES string of the molecule is CCCC[C@H](NC(=O)[C@H](CO)NC(=O)[C@H](CN)NC(=O)[C@H](CCC(N)=O)NC(=O)[C@H](CO)NC(=O)CNC(=O)COCCOCCNC(=O)CCCCCCCCCCCCCCCc1nnn[nH]1)C(=O)N[C@H]1CCC(=O)NCCCC[C@@H](C(N)=O)NC(=O)[C@H](Cc2c[nH]c3ccccc23)NC(=O)[C@H](CCCNC(=N)N)NC(=O)[C@@H](Cc2ccccc2)NC(=O)[C@@H]2C[C@@H](O)CN2C1=O. The van der Waals surface area contributed by atoms with Crippen molar-refractivity contribution in [3.8, 4) is 0 Å². The van der Waals surface area contributed by atoms with Crippen LogP contribution in [0.3, 0.4) is 0 Å². The van der Waals surface area contributed by atoms with E-state index in [2.05, 4.69) is 100 Å². The summed E-state index contributed by atoms with van der Waals surface area (Å²) >= 11 is 0. The zero-order chi connectivity index (χ0) is 96.8. The molecule has 46 heteroatoms. The number of unbranched alkanes of at least 4 members (excludes halogenated alkanes) is 13. The number of H-pyrrole nitrogens is 2. The highest BCUT2D eigenvalue weighted by Crippen LogP contribution is 2.24. The van der Waals surface area contributed by atoms with Crippen LogP contribution in [0.15, 0.2) is 60.8 Å². The zero-order valence-corrected chi connectivity index (χ0v) is 75.7. The number of rotatable bonds is 55. The Morgan fingerprint density at radius 3 is 1.83 bits per heavy atom. The molecule has 0 radical (unpaired) electrons. The lowest BCUT2D eigenvalue weighted by Crippen LogP contribution is -2.62. The number of hydrogen-bond acceptors (Lipinski definition) is 26. The van der Waals surface area contributed by atoms with Crippen LogP contribution in [0.5, 0.6) is 0 Å². The van der Waals surface area contributed by atoms with Crippen molar-refractivity contribution in [3.63, 3.8) is 0 Å². The molecule has 4 heterocycles. The molecule has 6 rings (SSSR count). The van der Waals surface area contributed by atoms with Gasteiger partial charge >= 0.3 is 0 Å². The molecule has 2 fully saturated rings. The van der Waals surface area contributed by atoms with E-state index in [1.807, 2.05) is 6.07 Å². The van der Waals surface area contributed by atoms with Crippen molar-refractivity contribution in [2.24, 2.45) is 22.9 Å². The van der Waals surface area contributed by atoms with Gasteiger partial charge in [0, 0.05) is 94.8 Å². The number of nitrogens with zero attached hydrogens (tertiary/aromatic N) is 4. The van der Waals surface area contributed by atoms with E-state index in [9.17, 15) is 87.2 Å². The molecule has 0 aliphatic carbocycles. The van der Waals surface area contributed by atoms with Crippen LogP contribution < -0.4 is 97.4 Å². The molecule has 2 aliphatic heterocycles. The summed E-state index contributed by atoms with van der Waals surface area (Å²) in [5.74, 6) is -14.3. The summed E-state index contributed by atoms with van der Waals surface area (Å²) in [4.78, 5) is 226. The van der Waals surface area contributed by atoms with Crippen LogP contribution in [0, 0.1) is 5.41 Å². The molecule has 46 nitrogen and oxygen atoms in total. The van der Waals surface area contributed by atoms with Gasteiger partial charge in [-0.3, -0.25) is 82.1 Å². The van der Waals surface area contributed by atoms with Crippen molar-refractivity contribution in [3.05, 3.63) is 77.7 Å². The molecule has 2 aromatic heterocycles. The van der Waals surface area contributed by atoms with Crippen molar-refractivity contribution in [1.29, 1.82) is 5.41 Å². The summed E-state index contributed by atoms with van der Waals surface area (Å²) in [5.41, 5.74) is 24.6. The van der Waals surface area contributed by atoms with Crippen LogP contribution >= 0.6 is 0 Å². The van der Waals surface area contributed by atoms with Gasteiger partial charge in [-0.15, -0.1) is 5.10 Å². The number of nitrogens with one attached hydrogen (secondary N) is 17. The molecule has 16 amide bonds. The number of aliphatic hydroxyl groups excluding tert-OH is 3. The highest BCUT2D eigenvalue weighted by atomic mass is 16.5. The number of aromatic amines is 2. The predicted octanol–water partition coefficient (Wildman–Crippen LogP) is -4.53. The van der Waals surface area contributed by atoms with E-state index >= 15 is 4.79 Å². The minimum absolute atomic E-state index is 0.0143. The van der Waals surface area contributed by atoms with Crippen LogP contribution in [0.1, 0.15) is 197 Å². The molecule has 0 saturated carbocycles. The second-order valence-electron chi connectivity index (χ2n) is 33.1. The number of nitrogens with two attached hydrogens (primary N) is 4. The monoisotopic (exact) mass is 1870 g/mol. The van der Waals surface area contributed by atoms with E-state index in [0.29, 0.717) is 34.9 Å². The number of aliphatic hydroxyl groups is 3. The number of guanidine groups is 1. The lowest BCUT2D eigenvalue weighted by Gasteiger charge is -2.31. The first-order valence-electron chi connectivity index (χ1n) is 45.9. The number of amides is 16. The van der Waals surface area contributed by atoms with E-state index in [1.54, 1.807) is 61.7 Å². The number of ether oxygens (including phenoxy) is 2. The number of primary amides is 2. The molecule has 28 N–H and O–H groups in total. The van der Waals surface area contributed by atoms with Crippen LogP contribution in [0.4, 0.5) is 0 Å². The first-order chi connectivity index (χ1) is 64.0. The molecular formula is C87H137N25O21. The number of aromatic nitrogens is 5. The average molecular weight is 1870 g/mol. The summed E-state index contributed by atoms with van der Waals surface area (Å²) < 4.78 is 10.8. The number of fused-ring (bicyclic) bond motifs is 2. The van der Waals surface area contributed by atoms with E-state index in [1.165, 1.54) is 51.4 Å². The molecule has 133 heavy (non-hydrogen) atoms. The summed E-state index contributed by atoms with van der Waals surface area (Å²) in [6, 6.07) is -2.23. The molecular weight excluding hydrogens is 1730 g/mol. The number of carbonyl (C=O) groups excluding carboxylic acids is 16. The second kappa shape index (κ2) is 61.3. The quantitative estimate of drug-likeness (QED) is 0.0112. The minimum Gasteiger partial charge on any atom is -0.394 e. The Bertz CT molecular complexity index is 4380. The van der Waals surface area contributed by atoms with E-state index < -0.39 is 233 Å². The molecule has 2 aliphatic rings.